The first-order chi connectivity index (χ1) is 18.3. The lowest BCUT2D eigenvalue weighted by molar-refractivity contribution is -0.149. The number of hydrogen-bond donors (Lipinski definition) is 2. The van der Waals surface area contributed by atoms with E-state index in [1.54, 1.807) is 13.8 Å². The molecule has 3 aromatic rings. The highest BCUT2D eigenvalue weighted by Crippen LogP contribution is 2.48. The standard InChI is InChI=1S/C22H26F2N5O8PS/c1-11(2)35-19(31)12(3)26-38(33,37-17-8-16-15(7-14(17)23)27-39-28-16)34-10-13-9-22(4,24)20(36-13)29-6-5-18(30)25-21(29)32/h5-8,11-13,20H,9-10H2,1-4H3,(H,26,33)(H,25,30,32)/t12-,13-,20+,22+,38?/m0/s1. The second-order valence-electron chi connectivity index (χ2n) is 9.37. The van der Waals surface area contributed by atoms with Crippen LogP contribution in [0.2, 0.25) is 0 Å². The molecule has 0 saturated carbocycles. The van der Waals surface area contributed by atoms with Crippen LogP contribution in [0.4, 0.5) is 8.78 Å². The van der Waals surface area contributed by atoms with Gasteiger partial charge in [-0.05, 0) is 27.7 Å². The van der Waals surface area contributed by atoms with Crippen molar-refractivity contribution in [2.24, 2.45) is 0 Å². The second kappa shape index (κ2) is 11.2. The van der Waals surface area contributed by atoms with Crippen LogP contribution in [0.5, 0.6) is 5.75 Å². The lowest BCUT2D eigenvalue weighted by Gasteiger charge is -2.24. The topological polar surface area (TPSA) is 164 Å². The number of nitrogens with zero attached hydrogens (tertiary/aromatic N) is 3. The van der Waals surface area contributed by atoms with Gasteiger partial charge in [0.15, 0.2) is 23.5 Å². The summed E-state index contributed by atoms with van der Waals surface area (Å²) in [4.78, 5) is 37.9. The molecule has 1 unspecified atom stereocenters. The number of esters is 1. The molecule has 212 valence electrons. The van der Waals surface area contributed by atoms with Crippen LogP contribution in [0.1, 0.15) is 40.3 Å². The van der Waals surface area contributed by atoms with Gasteiger partial charge in [0.25, 0.3) is 5.56 Å². The van der Waals surface area contributed by atoms with Gasteiger partial charge < -0.3 is 14.0 Å². The molecule has 1 fully saturated rings. The Morgan fingerprint density at radius 2 is 2.03 bits per heavy atom. The molecule has 3 heterocycles. The summed E-state index contributed by atoms with van der Waals surface area (Å²) in [6.07, 6.45) is -2.14. The van der Waals surface area contributed by atoms with Gasteiger partial charge in [0, 0.05) is 30.8 Å². The minimum absolute atomic E-state index is 0.257. The van der Waals surface area contributed by atoms with E-state index < -0.39 is 73.3 Å². The van der Waals surface area contributed by atoms with E-state index in [0.717, 1.165) is 34.6 Å². The number of carbonyl (C=O) groups excluding carboxylic acids is 1. The zero-order valence-corrected chi connectivity index (χ0v) is 23.0. The number of fused-ring (bicyclic) bond motifs is 1. The highest BCUT2D eigenvalue weighted by atomic mass is 32.1. The molecule has 5 atom stereocenters. The highest BCUT2D eigenvalue weighted by molar-refractivity contribution is 7.52. The predicted octanol–water partition coefficient (Wildman–Crippen LogP) is 2.83. The van der Waals surface area contributed by atoms with E-state index in [-0.39, 0.29) is 17.5 Å². The van der Waals surface area contributed by atoms with Gasteiger partial charge in [0.05, 0.1) is 30.5 Å². The third-order valence-corrected chi connectivity index (χ3v) is 7.77. The van der Waals surface area contributed by atoms with Crippen LogP contribution in [0.25, 0.3) is 11.0 Å². The Bertz CT molecular complexity index is 1530. The van der Waals surface area contributed by atoms with Gasteiger partial charge in [0.1, 0.15) is 17.1 Å². The molecule has 2 N–H and O–H groups in total. The van der Waals surface area contributed by atoms with Crippen molar-refractivity contribution in [2.75, 3.05) is 6.61 Å². The predicted molar refractivity (Wildman–Crippen MR) is 135 cm³/mol. The molecule has 1 aliphatic rings. The Balaban J connectivity index is 1.55. The Hall–Kier alpha value is -3.04. The fourth-order valence-electron chi connectivity index (χ4n) is 3.87. The van der Waals surface area contributed by atoms with Crippen molar-refractivity contribution in [2.45, 2.75) is 64.3 Å². The van der Waals surface area contributed by atoms with Crippen LogP contribution in [-0.4, -0.2) is 54.8 Å². The number of hydrogen-bond acceptors (Lipinski definition) is 11. The summed E-state index contributed by atoms with van der Waals surface area (Å²) in [5, 5.41) is 2.41. The molecule has 4 rings (SSSR count). The Morgan fingerprint density at radius 1 is 1.33 bits per heavy atom. The third-order valence-electron chi connectivity index (χ3n) is 5.58. The summed E-state index contributed by atoms with van der Waals surface area (Å²) in [5.41, 5.74) is -3.10. The third kappa shape index (κ3) is 6.76. The van der Waals surface area contributed by atoms with Crippen molar-refractivity contribution in [1.82, 2.24) is 23.4 Å². The minimum atomic E-state index is -4.54. The molecule has 17 heteroatoms. The fraction of sp³-hybridized carbons (Fsp3) is 0.500. The fourth-order valence-corrected chi connectivity index (χ4v) is 5.90. The van der Waals surface area contributed by atoms with Crippen LogP contribution in [0, 0.1) is 5.82 Å². The largest absolute Gasteiger partial charge is 0.462 e. The Kier molecular flexibility index (Phi) is 8.33. The average molecular weight is 590 g/mol. The molecule has 1 aliphatic heterocycles. The van der Waals surface area contributed by atoms with Gasteiger partial charge in [-0.1, -0.05) is 0 Å². The summed E-state index contributed by atoms with van der Waals surface area (Å²) in [6, 6.07) is 2.04. The maximum absolute atomic E-state index is 15.4. The molecule has 0 aliphatic carbocycles. The van der Waals surface area contributed by atoms with E-state index in [9.17, 15) is 23.3 Å². The monoisotopic (exact) mass is 589 g/mol. The number of nitrogens with one attached hydrogen (secondary N) is 2. The molecule has 39 heavy (non-hydrogen) atoms. The summed E-state index contributed by atoms with van der Waals surface area (Å²) in [5.74, 6) is -2.18. The SMILES string of the molecule is CC(C)OC(=O)[C@H](C)NP(=O)(OC[C@@H]1C[C@@](C)(F)[C@H](n2ccc(=O)[nH]c2=O)O1)Oc1cc2nsnc2cc1F. The summed E-state index contributed by atoms with van der Waals surface area (Å²) in [6.45, 7) is 5.25. The number of benzene rings is 1. The quantitative estimate of drug-likeness (QED) is 0.264. The van der Waals surface area contributed by atoms with Gasteiger partial charge in [-0.2, -0.15) is 13.8 Å². The highest BCUT2D eigenvalue weighted by Gasteiger charge is 2.48. The Labute approximate surface area is 224 Å². The summed E-state index contributed by atoms with van der Waals surface area (Å²) < 4.78 is 74.4. The van der Waals surface area contributed by atoms with E-state index in [4.69, 9.17) is 18.5 Å². The number of carbonyl (C=O) groups is 1. The lowest BCUT2D eigenvalue weighted by Crippen LogP contribution is -2.38. The molecule has 0 spiro atoms. The molecule has 0 amide bonds. The van der Waals surface area contributed by atoms with Crippen molar-refractivity contribution < 1.29 is 36.7 Å². The first kappa shape index (κ1) is 29.0. The van der Waals surface area contributed by atoms with Gasteiger partial charge >= 0.3 is 19.4 Å². The first-order valence-corrected chi connectivity index (χ1v) is 14.0. The van der Waals surface area contributed by atoms with E-state index >= 15 is 4.39 Å². The van der Waals surface area contributed by atoms with Crippen LogP contribution in [0.15, 0.2) is 34.0 Å². The van der Waals surface area contributed by atoms with Crippen molar-refractivity contribution in [3.63, 3.8) is 0 Å². The van der Waals surface area contributed by atoms with Crippen molar-refractivity contribution in [3.05, 3.63) is 51.1 Å². The number of halogens is 2. The summed E-state index contributed by atoms with van der Waals surface area (Å²) in [7, 11) is -4.54. The molecule has 2 aromatic heterocycles. The van der Waals surface area contributed by atoms with Gasteiger partial charge in [0.2, 0.25) is 0 Å². The molecule has 1 saturated heterocycles. The molecular weight excluding hydrogens is 563 g/mol. The van der Waals surface area contributed by atoms with Gasteiger partial charge in [-0.3, -0.25) is 23.7 Å². The number of aromatic nitrogens is 4. The van der Waals surface area contributed by atoms with E-state index in [0.29, 0.717) is 0 Å². The van der Waals surface area contributed by atoms with Crippen molar-refractivity contribution in [3.8, 4) is 5.75 Å². The average Bonchev–Trinajstić information content (AvgIpc) is 3.40. The maximum atomic E-state index is 15.4. The number of alkyl halides is 1. The van der Waals surface area contributed by atoms with Gasteiger partial charge in [-0.15, -0.1) is 0 Å². The summed E-state index contributed by atoms with van der Waals surface area (Å²) >= 11 is 0.840. The van der Waals surface area contributed by atoms with Crippen LogP contribution in [-0.2, 0) is 23.4 Å². The van der Waals surface area contributed by atoms with Crippen LogP contribution >= 0.6 is 19.5 Å². The molecular formula is C22H26F2N5O8PS. The maximum Gasteiger partial charge on any atom is 0.459 e. The molecule has 0 radical (unpaired) electrons. The number of ether oxygens (including phenoxy) is 2. The van der Waals surface area contributed by atoms with Crippen molar-refractivity contribution in [1.29, 1.82) is 0 Å². The Morgan fingerprint density at radius 3 is 2.69 bits per heavy atom. The number of rotatable bonds is 10. The van der Waals surface area contributed by atoms with Gasteiger partial charge in [-0.25, -0.2) is 18.1 Å². The molecule has 0 bridgehead atoms. The smallest absolute Gasteiger partial charge is 0.459 e. The van der Waals surface area contributed by atoms with E-state index in [1.165, 1.54) is 19.9 Å². The molecule has 13 nitrogen and oxygen atoms in total. The van der Waals surface area contributed by atoms with Crippen LogP contribution in [0.3, 0.4) is 0 Å². The zero-order valence-electron chi connectivity index (χ0n) is 21.3. The van der Waals surface area contributed by atoms with E-state index in [2.05, 4.69) is 13.8 Å². The number of H-pyrrole nitrogens is 1. The normalized spacial score (nSPS) is 23.6. The van der Waals surface area contributed by atoms with E-state index in [1.807, 2.05) is 4.98 Å². The van der Waals surface area contributed by atoms with Crippen LogP contribution < -0.4 is 20.9 Å². The minimum Gasteiger partial charge on any atom is -0.462 e. The zero-order chi connectivity index (χ0) is 28.5. The lowest BCUT2D eigenvalue weighted by atomic mass is 10.0. The number of aromatic amines is 1. The van der Waals surface area contributed by atoms with Crippen molar-refractivity contribution >= 4 is 36.5 Å². The second-order valence-corrected chi connectivity index (χ2v) is 11.6. The first-order valence-electron chi connectivity index (χ1n) is 11.8. The molecule has 1 aromatic carbocycles.